The first-order chi connectivity index (χ1) is 14.1. The lowest BCUT2D eigenvalue weighted by molar-refractivity contribution is -0.137. The van der Waals surface area contributed by atoms with Crippen LogP contribution >= 0.6 is 11.6 Å². The van der Waals surface area contributed by atoms with Crippen LogP contribution in [0.4, 0.5) is 24.8 Å². The number of halogens is 4. The van der Waals surface area contributed by atoms with Crippen LogP contribution in [0.3, 0.4) is 0 Å². The zero-order valence-corrected chi connectivity index (χ0v) is 16.0. The van der Waals surface area contributed by atoms with Gasteiger partial charge in [-0.25, -0.2) is 4.98 Å². The topological polar surface area (TPSA) is 96.3 Å². The minimum atomic E-state index is -4.71. The standard InChI is InChI=1S/C18H15ClF3N5O3/c19-7-14(29)24-12-4-10(3-11(5-12)18(20,21)22)15(30)26-8-17(9-26)6-13(28)25-16-23-1-2-27(16)17/h1-5H,6-9H2,(H,24,29)(H,23,25,28). The maximum absolute atomic E-state index is 13.3. The molecule has 12 heteroatoms. The minimum Gasteiger partial charge on any atom is -0.334 e. The summed E-state index contributed by atoms with van der Waals surface area (Å²) >= 11 is 5.39. The highest BCUT2D eigenvalue weighted by molar-refractivity contribution is 6.29. The van der Waals surface area contributed by atoms with Gasteiger partial charge in [-0.15, -0.1) is 11.6 Å². The second-order valence-corrected chi connectivity index (χ2v) is 7.48. The molecule has 3 heterocycles. The van der Waals surface area contributed by atoms with Crippen LogP contribution < -0.4 is 10.6 Å². The van der Waals surface area contributed by atoms with Gasteiger partial charge in [0.15, 0.2) is 0 Å². The number of nitrogens with one attached hydrogen (secondary N) is 2. The first-order valence-electron chi connectivity index (χ1n) is 8.82. The molecule has 3 amide bonds. The number of likely N-dealkylation sites (tertiary alicyclic amines) is 1. The van der Waals surface area contributed by atoms with Crippen LogP contribution in [0.1, 0.15) is 22.3 Å². The van der Waals surface area contributed by atoms with E-state index in [-0.39, 0.29) is 36.7 Å². The Kier molecular flexibility index (Phi) is 4.72. The van der Waals surface area contributed by atoms with Gasteiger partial charge in [0.2, 0.25) is 17.8 Å². The molecule has 0 atom stereocenters. The lowest BCUT2D eigenvalue weighted by Crippen LogP contribution is -2.66. The molecule has 1 aromatic heterocycles. The van der Waals surface area contributed by atoms with E-state index in [9.17, 15) is 27.6 Å². The predicted octanol–water partition coefficient (Wildman–Crippen LogP) is 2.27. The molecule has 4 rings (SSSR count). The van der Waals surface area contributed by atoms with Crippen molar-refractivity contribution in [1.82, 2.24) is 14.5 Å². The number of carbonyl (C=O) groups is 3. The molecule has 8 nitrogen and oxygen atoms in total. The van der Waals surface area contributed by atoms with Crippen LogP contribution in [0, 0.1) is 0 Å². The Morgan fingerprint density at radius 3 is 2.67 bits per heavy atom. The number of nitrogens with zero attached hydrogens (tertiary/aromatic N) is 3. The van der Waals surface area contributed by atoms with E-state index in [4.69, 9.17) is 11.6 Å². The Morgan fingerprint density at radius 1 is 1.27 bits per heavy atom. The summed E-state index contributed by atoms with van der Waals surface area (Å²) in [6, 6.07) is 2.64. The highest BCUT2D eigenvalue weighted by Gasteiger charge is 2.51. The van der Waals surface area contributed by atoms with E-state index in [2.05, 4.69) is 15.6 Å². The molecule has 0 unspecified atom stereocenters. The van der Waals surface area contributed by atoms with E-state index >= 15 is 0 Å². The van der Waals surface area contributed by atoms with Crippen LogP contribution in [-0.2, 0) is 21.3 Å². The first kappa shape index (κ1) is 20.2. The number of aromatic nitrogens is 2. The van der Waals surface area contributed by atoms with Gasteiger partial charge in [0.1, 0.15) is 5.88 Å². The lowest BCUT2D eigenvalue weighted by atomic mass is 9.83. The van der Waals surface area contributed by atoms with Crippen molar-refractivity contribution in [1.29, 1.82) is 0 Å². The van der Waals surface area contributed by atoms with E-state index in [1.165, 1.54) is 17.2 Å². The van der Waals surface area contributed by atoms with Gasteiger partial charge in [-0.1, -0.05) is 0 Å². The molecule has 0 saturated carbocycles. The van der Waals surface area contributed by atoms with Crippen molar-refractivity contribution in [3.8, 4) is 0 Å². The van der Waals surface area contributed by atoms with Gasteiger partial charge >= 0.3 is 6.18 Å². The molecule has 0 radical (unpaired) electrons. The molecular formula is C18H15ClF3N5O3. The smallest absolute Gasteiger partial charge is 0.334 e. The molecule has 0 aliphatic carbocycles. The third kappa shape index (κ3) is 3.49. The number of hydrogen-bond acceptors (Lipinski definition) is 4. The molecule has 1 fully saturated rings. The Morgan fingerprint density at radius 2 is 2.00 bits per heavy atom. The Hall–Kier alpha value is -3.08. The van der Waals surface area contributed by atoms with Gasteiger partial charge in [0, 0.05) is 36.7 Å². The lowest BCUT2D eigenvalue weighted by Gasteiger charge is -2.52. The Balaban J connectivity index is 1.60. The number of alkyl halides is 4. The number of carbonyl (C=O) groups excluding carboxylic acids is 3. The fraction of sp³-hybridized carbons (Fsp3) is 0.333. The fourth-order valence-electron chi connectivity index (χ4n) is 3.77. The molecule has 1 saturated heterocycles. The van der Waals surface area contributed by atoms with Crippen molar-refractivity contribution in [3.05, 3.63) is 41.7 Å². The van der Waals surface area contributed by atoms with Gasteiger partial charge in [-0.3, -0.25) is 19.7 Å². The summed E-state index contributed by atoms with van der Waals surface area (Å²) in [5.41, 5.74) is -2.15. The number of rotatable bonds is 3. The van der Waals surface area contributed by atoms with Gasteiger partial charge < -0.3 is 14.8 Å². The van der Waals surface area contributed by atoms with Gasteiger partial charge in [-0.05, 0) is 18.2 Å². The average Bonchev–Trinajstić information content (AvgIpc) is 3.12. The normalized spacial score (nSPS) is 17.2. The molecule has 30 heavy (non-hydrogen) atoms. The quantitative estimate of drug-likeness (QED) is 0.714. The number of anilines is 2. The van der Waals surface area contributed by atoms with E-state index in [0.29, 0.717) is 5.95 Å². The molecule has 2 aliphatic heterocycles. The second-order valence-electron chi connectivity index (χ2n) is 7.21. The highest BCUT2D eigenvalue weighted by Crippen LogP contribution is 2.39. The third-order valence-electron chi connectivity index (χ3n) is 5.06. The molecule has 0 bridgehead atoms. The van der Waals surface area contributed by atoms with Crippen LogP contribution in [0.5, 0.6) is 0 Å². The number of amides is 3. The van der Waals surface area contributed by atoms with Gasteiger partial charge in [0.05, 0.1) is 17.5 Å². The van der Waals surface area contributed by atoms with Crippen molar-refractivity contribution in [2.45, 2.75) is 18.1 Å². The Labute approximate surface area is 173 Å². The van der Waals surface area contributed by atoms with E-state index in [1.54, 1.807) is 10.8 Å². The maximum Gasteiger partial charge on any atom is 0.416 e. The third-order valence-corrected chi connectivity index (χ3v) is 5.31. The number of imidazole rings is 1. The van der Waals surface area contributed by atoms with Crippen molar-refractivity contribution in [2.24, 2.45) is 0 Å². The summed E-state index contributed by atoms with van der Waals surface area (Å²) in [6.45, 7) is 0.282. The summed E-state index contributed by atoms with van der Waals surface area (Å²) in [4.78, 5) is 41.7. The molecule has 2 aromatic rings. The average molecular weight is 442 g/mol. The maximum atomic E-state index is 13.3. The summed E-state index contributed by atoms with van der Waals surface area (Å²) in [5, 5.41) is 4.87. The molecule has 1 aromatic carbocycles. The van der Waals surface area contributed by atoms with Crippen molar-refractivity contribution < 1.29 is 27.6 Å². The van der Waals surface area contributed by atoms with Crippen LogP contribution in [0.25, 0.3) is 0 Å². The SMILES string of the molecule is O=C(CCl)Nc1cc(C(=O)N2CC3(CC(=O)Nc4nccn43)C2)cc(C(F)(F)F)c1. The van der Waals surface area contributed by atoms with Crippen molar-refractivity contribution in [3.63, 3.8) is 0 Å². The van der Waals surface area contributed by atoms with E-state index < -0.39 is 35.0 Å². The Bertz CT molecular complexity index is 1050. The molecule has 158 valence electrons. The summed E-state index contributed by atoms with van der Waals surface area (Å²) in [7, 11) is 0. The monoisotopic (exact) mass is 441 g/mol. The van der Waals surface area contributed by atoms with Crippen molar-refractivity contribution in [2.75, 3.05) is 29.6 Å². The second kappa shape index (κ2) is 7.01. The molecule has 2 N–H and O–H groups in total. The first-order valence-corrected chi connectivity index (χ1v) is 9.36. The number of benzene rings is 1. The molecular weight excluding hydrogens is 427 g/mol. The molecule has 1 spiro atoms. The van der Waals surface area contributed by atoms with Gasteiger partial charge in [0.25, 0.3) is 5.91 Å². The number of fused-ring (bicyclic) bond motifs is 2. The van der Waals surface area contributed by atoms with Crippen molar-refractivity contribution >= 4 is 41.0 Å². The summed E-state index contributed by atoms with van der Waals surface area (Å²) in [5.74, 6) is -1.66. The molecule has 2 aliphatic rings. The predicted molar refractivity (Wildman–Crippen MR) is 100 cm³/mol. The highest BCUT2D eigenvalue weighted by atomic mass is 35.5. The summed E-state index contributed by atoms with van der Waals surface area (Å²) in [6.07, 6.45) is -1.38. The number of hydrogen-bond donors (Lipinski definition) is 2. The van der Waals surface area contributed by atoms with Crippen LogP contribution in [0.15, 0.2) is 30.6 Å². The largest absolute Gasteiger partial charge is 0.416 e. The van der Waals surface area contributed by atoms with Gasteiger partial charge in [-0.2, -0.15) is 13.2 Å². The van der Waals surface area contributed by atoms with E-state index in [0.717, 1.165) is 12.1 Å². The fourth-order valence-corrected chi connectivity index (χ4v) is 3.83. The zero-order chi connectivity index (χ0) is 21.7. The summed E-state index contributed by atoms with van der Waals surface area (Å²) < 4.78 is 41.6. The van der Waals surface area contributed by atoms with Crippen LogP contribution in [-0.4, -0.2) is 51.1 Å². The zero-order valence-electron chi connectivity index (χ0n) is 15.3. The minimum absolute atomic E-state index is 0.125. The van der Waals surface area contributed by atoms with Crippen LogP contribution in [0.2, 0.25) is 0 Å². The van der Waals surface area contributed by atoms with E-state index in [1.807, 2.05) is 0 Å².